The third-order valence-corrected chi connectivity index (χ3v) is 2.19. The molecule has 2 heterocycles. The second-order valence-corrected chi connectivity index (χ2v) is 3.42. The highest BCUT2D eigenvalue weighted by atomic mass is 16.6. The van der Waals surface area contributed by atoms with Crippen molar-refractivity contribution in [2.24, 2.45) is 7.05 Å². The van der Waals surface area contributed by atoms with Gasteiger partial charge in [0.1, 0.15) is 6.33 Å². The summed E-state index contributed by atoms with van der Waals surface area (Å²) in [5.41, 5.74) is 7.09. The fourth-order valence-electron chi connectivity index (χ4n) is 1.41. The first-order valence-corrected chi connectivity index (χ1v) is 4.78. The molecule has 1 aromatic carbocycles. The van der Waals surface area contributed by atoms with Crippen molar-refractivity contribution in [1.82, 2.24) is 25.1 Å². The number of nitrogens with zero attached hydrogens (tertiary/aromatic N) is 5. The van der Waals surface area contributed by atoms with Gasteiger partial charge in [-0.2, -0.15) is 4.98 Å². The van der Waals surface area contributed by atoms with E-state index in [1.807, 2.05) is 0 Å². The van der Waals surface area contributed by atoms with Crippen LogP contribution in [0.3, 0.4) is 0 Å². The Morgan fingerprint density at radius 1 is 1.29 bits per heavy atom. The van der Waals surface area contributed by atoms with Crippen LogP contribution in [0.25, 0.3) is 11.0 Å². The van der Waals surface area contributed by atoms with E-state index in [4.69, 9.17) is 10.5 Å². The van der Waals surface area contributed by atoms with Gasteiger partial charge in [-0.05, 0) is 22.4 Å². The number of benzene rings is 1. The summed E-state index contributed by atoms with van der Waals surface area (Å²) in [7, 11) is 1.75. The normalized spacial score (nSPS) is 10.9. The van der Waals surface area contributed by atoms with Gasteiger partial charge in [-0.25, -0.2) is 4.63 Å². The van der Waals surface area contributed by atoms with Crippen LogP contribution in [0.4, 0.5) is 5.69 Å². The van der Waals surface area contributed by atoms with Crippen molar-refractivity contribution in [1.29, 1.82) is 0 Å². The highest BCUT2D eigenvalue weighted by Gasteiger charge is 2.13. The fraction of sp³-hybridized carbons (Fsp3) is 0.111. The zero-order valence-corrected chi connectivity index (χ0v) is 8.86. The summed E-state index contributed by atoms with van der Waals surface area (Å²) in [6.45, 7) is 0. The molecule has 0 aliphatic heterocycles. The molecule has 17 heavy (non-hydrogen) atoms. The topological polar surface area (TPSA) is 105 Å². The van der Waals surface area contributed by atoms with Crippen LogP contribution in [0.2, 0.25) is 0 Å². The number of ether oxygens (including phenoxy) is 1. The molecule has 86 valence electrons. The van der Waals surface area contributed by atoms with Gasteiger partial charge in [0.05, 0.1) is 5.69 Å². The molecular formula is C9H8N6O2. The number of fused-ring (bicyclic) bond motifs is 1. The maximum absolute atomic E-state index is 5.71. The number of nitrogens with two attached hydrogens (primary N) is 1. The summed E-state index contributed by atoms with van der Waals surface area (Å²) in [6.07, 6.45) is 1.53. The lowest BCUT2D eigenvalue weighted by Crippen LogP contribution is -1.92. The Labute approximate surface area is 95.0 Å². The third kappa shape index (κ3) is 1.55. The minimum atomic E-state index is 0.224. The first-order chi connectivity index (χ1) is 8.24. The monoisotopic (exact) mass is 232 g/mol. The molecule has 0 atom stereocenters. The van der Waals surface area contributed by atoms with E-state index in [9.17, 15) is 0 Å². The highest BCUT2D eigenvalue weighted by molar-refractivity contribution is 5.90. The maximum Gasteiger partial charge on any atom is 0.341 e. The molecule has 0 fully saturated rings. The minimum absolute atomic E-state index is 0.224. The quantitative estimate of drug-likeness (QED) is 0.649. The Kier molecular flexibility index (Phi) is 1.94. The number of aromatic nitrogens is 5. The molecule has 2 aromatic heterocycles. The molecule has 0 bridgehead atoms. The zero-order chi connectivity index (χ0) is 11.8. The molecule has 0 aliphatic rings. The SMILES string of the molecule is Cn1cnc(Oc2ccc(N)c3nonc23)n1. The molecule has 0 unspecified atom stereocenters. The van der Waals surface area contributed by atoms with E-state index in [0.29, 0.717) is 22.5 Å². The second kappa shape index (κ2) is 3.44. The summed E-state index contributed by atoms with van der Waals surface area (Å²) in [5.74, 6) is 0.446. The van der Waals surface area contributed by atoms with Crippen molar-refractivity contribution < 1.29 is 9.37 Å². The maximum atomic E-state index is 5.71. The van der Waals surface area contributed by atoms with E-state index in [2.05, 4.69) is 25.0 Å². The van der Waals surface area contributed by atoms with Crippen LogP contribution >= 0.6 is 0 Å². The lowest BCUT2D eigenvalue weighted by atomic mass is 10.2. The molecule has 3 rings (SSSR count). The van der Waals surface area contributed by atoms with E-state index in [1.165, 1.54) is 11.0 Å². The van der Waals surface area contributed by atoms with Crippen molar-refractivity contribution in [3.8, 4) is 11.8 Å². The number of hydrogen-bond acceptors (Lipinski definition) is 7. The van der Waals surface area contributed by atoms with Gasteiger partial charge in [-0.1, -0.05) is 0 Å². The summed E-state index contributed by atoms with van der Waals surface area (Å²) < 4.78 is 11.6. The molecule has 0 radical (unpaired) electrons. The first-order valence-electron chi connectivity index (χ1n) is 4.78. The molecule has 0 amide bonds. The second-order valence-electron chi connectivity index (χ2n) is 3.42. The number of anilines is 1. The number of rotatable bonds is 2. The summed E-state index contributed by atoms with van der Waals surface area (Å²) in [5, 5.41) is 11.4. The smallest absolute Gasteiger partial charge is 0.341 e. The average Bonchev–Trinajstić information content (AvgIpc) is 2.92. The van der Waals surface area contributed by atoms with Crippen molar-refractivity contribution in [2.45, 2.75) is 0 Å². The summed E-state index contributed by atoms with van der Waals surface area (Å²) in [6, 6.07) is 3.55. The van der Waals surface area contributed by atoms with Gasteiger partial charge in [0, 0.05) is 7.05 Å². The van der Waals surface area contributed by atoms with E-state index >= 15 is 0 Å². The van der Waals surface area contributed by atoms with Gasteiger partial charge in [-0.15, -0.1) is 5.10 Å². The Hall–Kier alpha value is -2.64. The van der Waals surface area contributed by atoms with Crippen LogP contribution in [-0.4, -0.2) is 25.1 Å². The summed E-state index contributed by atoms with van der Waals surface area (Å²) >= 11 is 0. The molecule has 2 N–H and O–H groups in total. The molecule has 0 saturated carbocycles. The predicted molar refractivity (Wildman–Crippen MR) is 57.3 cm³/mol. The van der Waals surface area contributed by atoms with Crippen molar-refractivity contribution in [2.75, 3.05) is 5.73 Å². The Balaban J connectivity index is 2.06. The highest BCUT2D eigenvalue weighted by Crippen LogP contribution is 2.29. The van der Waals surface area contributed by atoms with Crippen molar-refractivity contribution in [3.05, 3.63) is 18.5 Å². The Bertz CT molecular complexity index is 673. The van der Waals surface area contributed by atoms with E-state index in [-0.39, 0.29) is 6.01 Å². The molecule has 8 nitrogen and oxygen atoms in total. The van der Waals surface area contributed by atoms with Crippen molar-refractivity contribution >= 4 is 16.7 Å². The average molecular weight is 232 g/mol. The molecule has 3 aromatic rings. The van der Waals surface area contributed by atoms with Gasteiger partial charge < -0.3 is 10.5 Å². The summed E-state index contributed by atoms with van der Waals surface area (Å²) in [4.78, 5) is 3.94. The fourth-order valence-corrected chi connectivity index (χ4v) is 1.41. The van der Waals surface area contributed by atoms with Gasteiger partial charge in [0.15, 0.2) is 16.8 Å². The van der Waals surface area contributed by atoms with Gasteiger partial charge in [-0.3, -0.25) is 4.68 Å². The van der Waals surface area contributed by atoms with Crippen LogP contribution in [-0.2, 0) is 7.05 Å². The van der Waals surface area contributed by atoms with E-state index in [1.54, 1.807) is 19.2 Å². The third-order valence-electron chi connectivity index (χ3n) is 2.19. The Morgan fingerprint density at radius 3 is 2.88 bits per heavy atom. The number of aryl methyl sites for hydroxylation is 1. The minimum Gasteiger partial charge on any atom is -0.421 e. The predicted octanol–water partition coefficient (Wildman–Crippen LogP) is 0.726. The largest absolute Gasteiger partial charge is 0.421 e. The molecule has 8 heteroatoms. The Morgan fingerprint density at radius 2 is 2.12 bits per heavy atom. The number of hydrogen-bond donors (Lipinski definition) is 1. The molecule has 0 aliphatic carbocycles. The van der Waals surface area contributed by atoms with E-state index in [0.717, 1.165) is 0 Å². The van der Waals surface area contributed by atoms with E-state index < -0.39 is 0 Å². The van der Waals surface area contributed by atoms with Crippen LogP contribution in [0, 0.1) is 0 Å². The van der Waals surface area contributed by atoms with Crippen LogP contribution < -0.4 is 10.5 Å². The van der Waals surface area contributed by atoms with Gasteiger partial charge in [0.25, 0.3) is 0 Å². The lowest BCUT2D eigenvalue weighted by molar-refractivity contribution is 0.314. The standard InChI is InChI=1S/C9H8N6O2/c1-15-4-11-9(12-15)16-6-3-2-5(10)7-8(6)14-17-13-7/h2-4H,10H2,1H3. The van der Waals surface area contributed by atoms with Crippen molar-refractivity contribution in [3.63, 3.8) is 0 Å². The molecule has 0 spiro atoms. The van der Waals surface area contributed by atoms with Crippen LogP contribution in [0.1, 0.15) is 0 Å². The lowest BCUT2D eigenvalue weighted by Gasteiger charge is -2.01. The van der Waals surface area contributed by atoms with Gasteiger partial charge >= 0.3 is 6.01 Å². The van der Waals surface area contributed by atoms with Crippen LogP contribution in [0.15, 0.2) is 23.1 Å². The first kappa shape index (κ1) is 9.58. The molecular weight excluding hydrogens is 224 g/mol. The number of nitrogen functional groups attached to an aromatic ring is 1. The zero-order valence-electron chi connectivity index (χ0n) is 8.86. The molecule has 0 saturated heterocycles. The van der Waals surface area contributed by atoms with Gasteiger partial charge in [0.2, 0.25) is 0 Å². The van der Waals surface area contributed by atoms with Crippen LogP contribution in [0.5, 0.6) is 11.8 Å².